The number of ether oxygens (including phenoxy) is 1. The van der Waals surface area contributed by atoms with E-state index in [0.717, 1.165) is 19.5 Å². The van der Waals surface area contributed by atoms with Gasteiger partial charge < -0.3 is 20.1 Å². The zero-order valence-corrected chi connectivity index (χ0v) is 9.20. The van der Waals surface area contributed by atoms with Crippen molar-refractivity contribution in [2.24, 2.45) is 0 Å². The van der Waals surface area contributed by atoms with E-state index in [-0.39, 0.29) is 6.10 Å². The van der Waals surface area contributed by atoms with Crippen LogP contribution in [0.5, 0.6) is 0 Å². The molecule has 1 aliphatic heterocycles. The summed E-state index contributed by atoms with van der Waals surface area (Å²) >= 11 is 0. The average molecular weight is 202 g/mol. The van der Waals surface area contributed by atoms with Crippen molar-refractivity contribution in [1.29, 1.82) is 0 Å². The van der Waals surface area contributed by atoms with Crippen LogP contribution in [-0.4, -0.2) is 62.6 Å². The maximum absolute atomic E-state index is 9.40. The van der Waals surface area contributed by atoms with Gasteiger partial charge in [-0.2, -0.15) is 0 Å². The second-order valence-corrected chi connectivity index (χ2v) is 4.10. The fourth-order valence-electron chi connectivity index (χ4n) is 1.83. The van der Waals surface area contributed by atoms with Gasteiger partial charge in [0.2, 0.25) is 0 Å². The summed E-state index contributed by atoms with van der Waals surface area (Å²) in [6.07, 6.45) is 1.66. The number of rotatable bonds is 6. The van der Waals surface area contributed by atoms with Crippen molar-refractivity contribution < 1.29 is 9.84 Å². The second-order valence-electron chi connectivity index (χ2n) is 4.10. The number of methoxy groups -OCH3 is 1. The number of aliphatic hydroxyl groups is 1. The summed E-state index contributed by atoms with van der Waals surface area (Å²) in [6, 6.07) is 0.606. The third kappa shape index (κ3) is 4.37. The van der Waals surface area contributed by atoms with Crippen molar-refractivity contribution in [1.82, 2.24) is 10.2 Å². The SMILES string of the molecule is COCC(O)CCNC1CCN(C)C1. The highest BCUT2D eigenvalue weighted by Gasteiger charge is 2.18. The Morgan fingerprint density at radius 3 is 3.00 bits per heavy atom. The molecule has 0 bridgehead atoms. The van der Waals surface area contributed by atoms with Gasteiger partial charge in [0.25, 0.3) is 0 Å². The van der Waals surface area contributed by atoms with Gasteiger partial charge in [0.1, 0.15) is 0 Å². The molecule has 1 rings (SSSR count). The molecule has 1 aliphatic rings. The third-order valence-electron chi connectivity index (χ3n) is 2.66. The van der Waals surface area contributed by atoms with Crippen LogP contribution in [0, 0.1) is 0 Å². The summed E-state index contributed by atoms with van der Waals surface area (Å²) in [6.45, 7) is 3.62. The first kappa shape index (κ1) is 11.9. The highest BCUT2D eigenvalue weighted by molar-refractivity contribution is 4.78. The van der Waals surface area contributed by atoms with Crippen LogP contribution < -0.4 is 5.32 Å². The number of aliphatic hydroxyl groups excluding tert-OH is 1. The molecule has 4 heteroatoms. The second kappa shape index (κ2) is 6.35. The van der Waals surface area contributed by atoms with Crippen LogP contribution in [0.2, 0.25) is 0 Å². The van der Waals surface area contributed by atoms with Gasteiger partial charge in [-0.1, -0.05) is 0 Å². The molecule has 0 spiro atoms. The third-order valence-corrected chi connectivity index (χ3v) is 2.66. The number of likely N-dealkylation sites (tertiary alicyclic amines) is 1. The molecule has 0 aromatic heterocycles. The number of likely N-dealkylation sites (N-methyl/N-ethyl adjacent to an activating group) is 1. The van der Waals surface area contributed by atoms with Crippen molar-refractivity contribution in [2.45, 2.75) is 25.0 Å². The van der Waals surface area contributed by atoms with E-state index in [4.69, 9.17) is 4.74 Å². The van der Waals surface area contributed by atoms with Gasteiger partial charge in [-0.3, -0.25) is 0 Å². The summed E-state index contributed by atoms with van der Waals surface area (Å²) in [7, 11) is 3.75. The van der Waals surface area contributed by atoms with Crippen LogP contribution in [0.15, 0.2) is 0 Å². The number of nitrogens with one attached hydrogen (secondary N) is 1. The molecule has 0 saturated carbocycles. The largest absolute Gasteiger partial charge is 0.391 e. The van der Waals surface area contributed by atoms with Crippen molar-refractivity contribution in [3.05, 3.63) is 0 Å². The summed E-state index contributed by atoms with van der Waals surface area (Å²) in [5, 5.41) is 12.8. The quantitative estimate of drug-likeness (QED) is 0.619. The van der Waals surface area contributed by atoms with Gasteiger partial charge in [-0.15, -0.1) is 0 Å². The molecule has 0 aromatic carbocycles. The van der Waals surface area contributed by atoms with Crippen LogP contribution in [0.3, 0.4) is 0 Å². The molecule has 0 radical (unpaired) electrons. The molecule has 4 nitrogen and oxygen atoms in total. The fourth-order valence-corrected chi connectivity index (χ4v) is 1.83. The molecule has 2 N–H and O–H groups in total. The zero-order valence-electron chi connectivity index (χ0n) is 9.20. The lowest BCUT2D eigenvalue weighted by molar-refractivity contribution is 0.0590. The molecule has 0 aliphatic carbocycles. The minimum absolute atomic E-state index is 0.327. The minimum atomic E-state index is -0.327. The van der Waals surface area contributed by atoms with E-state index in [1.807, 2.05) is 0 Å². The van der Waals surface area contributed by atoms with Gasteiger partial charge >= 0.3 is 0 Å². The van der Waals surface area contributed by atoms with Crippen molar-refractivity contribution >= 4 is 0 Å². The Hall–Kier alpha value is -0.160. The van der Waals surface area contributed by atoms with Crippen LogP contribution in [0.1, 0.15) is 12.8 Å². The van der Waals surface area contributed by atoms with Crippen molar-refractivity contribution in [3.8, 4) is 0 Å². The van der Waals surface area contributed by atoms with Crippen LogP contribution in [-0.2, 0) is 4.74 Å². The Labute approximate surface area is 86.2 Å². The van der Waals surface area contributed by atoms with E-state index >= 15 is 0 Å². The maximum atomic E-state index is 9.40. The first-order valence-electron chi connectivity index (χ1n) is 5.31. The van der Waals surface area contributed by atoms with Crippen LogP contribution in [0.25, 0.3) is 0 Å². The smallest absolute Gasteiger partial charge is 0.0785 e. The number of nitrogens with zero attached hydrogens (tertiary/aromatic N) is 1. The molecule has 1 heterocycles. The molecular weight excluding hydrogens is 180 g/mol. The average Bonchev–Trinajstić information content (AvgIpc) is 2.52. The highest BCUT2D eigenvalue weighted by atomic mass is 16.5. The summed E-state index contributed by atoms with van der Waals surface area (Å²) in [5.74, 6) is 0. The Morgan fingerprint density at radius 1 is 1.64 bits per heavy atom. The Bertz CT molecular complexity index is 155. The lowest BCUT2D eigenvalue weighted by Gasteiger charge is -2.14. The zero-order chi connectivity index (χ0) is 10.4. The summed E-state index contributed by atoms with van der Waals surface area (Å²) < 4.78 is 4.86. The van der Waals surface area contributed by atoms with Crippen molar-refractivity contribution in [2.75, 3.05) is 40.4 Å². The molecule has 2 unspecified atom stereocenters. The molecule has 1 fully saturated rings. The minimum Gasteiger partial charge on any atom is -0.391 e. The van der Waals surface area contributed by atoms with E-state index in [1.165, 1.54) is 13.0 Å². The summed E-state index contributed by atoms with van der Waals surface area (Å²) in [4.78, 5) is 2.32. The van der Waals surface area contributed by atoms with Gasteiger partial charge in [-0.05, 0) is 33.0 Å². The summed E-state index contributed by atoms with van der Waals surface area (Å²) in [5.41, 5.74) is 0. The van der Waals surface area contributed by atoms with E-state index in [0.29, 0.717) is 12.6 Å². The van der Waals surface area contributed by atoms with E-state index in [1.54, 1.807) is 7.11 Å². The maximum Gasteiger partial charge on any atom is 0.0785 e. The Balaban J connectivity index is 1.98. The van der Waals surface area contributed by atoms with Gasteiger partial charge in [0, 0.05) is 19.7 Å². The van der Waals surface area contributed by atoms with E-state index in [9.17, 15) is 5.11 Å². The normalized spacial score (nSPS) is 25.5. The highest BCUT2D eigenvalue weighted by Crippen LogP contribution is 2.05. The molecule has 84 valence electrons. The van der Waals surface area contributed by atoms with Gasteiger partial charge in [0.05, 0.1) is 12.7 Å². The van der Waals surface area contributed by atoms with E-state index < -0.39 is 0 Å². The van der Waals surface area contributed by atoms with Crippen LogP contribution >= 0.6 is 0 Å². The molecule has 14 heavy (non-hydrogen) atoms. The van der Waals surface area contributed by atoms with Gasteiger partial charge in [0.15, 0.2) is 0 Å². The number of hydrogen-bond donors (Lipinski definition) is 2. The first-order chi connectivity index (χ1) is 6.72. The number of hydrogen-bond acceptors (Lipinski definition) is 4. The monoisotopic (exact) mass is 202 g/mol. The standard InChI is InChI=1S/C10H22N2O2/c1-12-6-4-9(7-12)11-5-3-10(13)8-14-2/h9-11,13H,3-8H2,1-2H3. The first-order valence-corrected chi connectivity index (χ1v) is 5.31. The van der Waals surface area contributed by atoms with E-state index in [2.05, 4.69) is 17.3 Å². The Morgan fingerprint density at radius 2 is 2.43 bits per heavy atom. The molecule has 0 aromatic rings. The molecule has 0 amide bonds. The lowest BCUT2D eigenvalue weighted by atomic mass is 10.2. The van der Waals surface area contributed by atoms with Gasteiger partial charge in [-0.25, -0.2) is 0 Å². The molecule has 2 atom stereocenters. The predicted octanol–water partition coefficient (Wildman–Crippen LogP) is -0.322. The topological polar surface area (TPSA) is 44.7 Å². The predicted molar refractivity (Wildman–Crippen MR) is 56.4 cm³/mol. The van der Waals surface area contributed by atoms with Crippen LogP contribution in [0.4, 0.5) is 0 Å². The Kier molecular flexibility index (Phi) is 5.40. The lowest BCUT2D eigenvalue weighted by Crippen LogP contribution is -2.34. The van der Waals surface area contributed by atoms with Crippen molar-refractivity contribution in [3.63, 3.8) is 0 Å². The fraction of sp³-hybridized carbons (Fsp3) is 1.00. The molecule has 1 saturated heterocycles. The molecular formula is C10H22N2O2.